The number of hydrogen-bond donors (Lipinski definition) is 1. The van der Waals surface area contributed by atoms with Gasteiger partial charge in [-0.15, -0.1) is 0 Å². The van der Waals surface area contributed by atoms with E-state index in [1.165, 1.54) is 0 Å². The van der Waals surface area contributed by atoms with E-state index in [4.69, 9.17) is 0 Å². The number of amides is 1. The second-order valence-electron chi connectivity index (χ2n) is 4.98. The molecule has 0 saturated carbocycles. The molecule has 1 aromatic heterocycles. The van der Waals surface area contributed by atoms with Gasteiger partial charge in [0, 0.05) is 24.8 Å². The summed E-state index contributed by atoms with van der Waals surface area (Å²) < 4.78 is 1.83. The Hall–Kier alpha value is -1.32. The van der Waals surface area contributed by atoms with E-state index >= 15 is 0 Å². The van der Waals surface area contributed by atoms with Gasteiger partial charge < -0.3 is 5.32 Å². The fourth-order valence-electron chi connectivity index (χ4n) is 1.80. The summed E-state index contributed by atoms with van der Waals surface area (Å²) in [5, 5.41) is 7.26. The maximum atomic E-state index is 11.8. The molecule has 1 heterocycles. The minimum absolute atomic E-state index is 0.0878. The molecule has 0 spiro atoms. The van der Waals surface area contributed by atoms with Gasteiger partial charge in [-0.3, -0.25) is 9.48 Å². The summed E-state index contributed by atoms with van der Waals surface area (Å²) in [7, 11) is 1.91. The Balaban J connectivity index is 2.51. The predicted molar refractivity (Wildman–Crippen MR) is 68.9 cm³/mol. The summed E-state index contributed by atoms with van der Waals surface area (Å²) in [6.07, 6.45) is 1.46. The highest BCUT2D eigenvalue weighted by Gasteiger charge is 2.12. The fraction of sp³-hybridized carbons (Fsp3) is 0.692. The Kier molecular flexibility index (Phi) is 4.73. The highest BCUT2D eigenvalue weighted by molar-refractivity contribution is 5.79. The molecular weight excluding hydrogens is 214 g/mol. The van der Waals surface area contributed by atoms with Gasteiger partial charge in [0.15, 0.2) is 0 Å². The van der Waals surface area contributed by atoms with Crippen LogP contribution in [-0.2, 0) is 18.3 Å². The summed E-state index contributed by atoms with van der Waals surface area (Å²) in [4.78, 5) is 11.8. The molecular formula is C13H23N3O. The lowest BCUT2D eigenvalue weighted by Crippen LogP contribution is -2.27. The predicted octanol–water partition coefficient (Wildman–Crippen LogP) is 1.74. The number of aryl methyl sites for hydroxylation is 2. The quantitative estimate of drug-likeness (QED) is 0.848. The van der Waals surface area contributed by atoms with E-state index in [-0.39, 0.29) is 5.91 Å². The maximum Gasteiger partial charge on any atom is 0.224 e. The van der Waals surface area contributed by atoms with Crippen molar-refractivity contribution in [1.82, 2.24) is 15.1 Å². The zero-order chi connectivity index (χ0) is 13.0. The van der Waals surface area contributed by atoms with Crippen LogP contribution in [0.1, 0.15) is 37.2 Å². The molecule has 1 aromatic rings. The second kappa shape index (κ2) is 5.84. The standard InChI is InChI=1S/C13H23N3O/c1-9(2)6-7-14-13(17)8-12-10(3)15-16(5)11(12)4/h9H,6-8H2,1-5H3,(H,14,17). The Bertz CT molecular complexity index is 394. The summed E-state index contributed by atoms with van der Waals surface area (Å²) in [6, 6.07) is 0. The van der Waals surface area contributed by atoms with Gasteiger partial charge in [0.05, 0.1) is 12.1 Å². The Labute approximate surface area is 103 Å². The number of rotatable bonds is 5. The van der Waals surface area contributed by atoms with Gasteiger partial charge in [-0.05, 0) is 26.2 Å². The van der Waals surface area contributed by atoms with Crippen molar-refractivity contribution in [2.75, 3.05) is 6.54 Å². The van der Waals surface area contributed by atoms with Crippen LogP contribution in [0.4, 0.5) is 0 Å². The van der Waals surface area contributed by atoms with Gasteiger partial charge in [0.1, 0.15) is 0 Å². The number of nitrogens with one attached hydrogen (secondary N) is 1. The van der Waals surface area contributed by atoms with Gasteiger partial charge >= 0.3 is 0 Å². The zero-order valence-electron chi connectivity index (χ0n) is 11.5. The molecule has 0 aliphatic rings. The monoisotopic (exact) mass is 237 g/mol. The number of nitrogens with zero attached hydrogens (tertiary/aromatic N) is 2. The van der Waals surface area contributed by atoms with E-state index in [1.807, 2.05) is 25.6 Å². The van der Waals surface area contributed by atoms with Gasteiger partial charge in [-0.25, -0.2) is 0 Å². The average molecular weight is 237 g/mol. The first-order valence-corrected chi connectivity index (χ1v) is 6.17. The minimum atomic E-state index is 0.0878. The molecule has 0 saturated heterocycles. The lowest BCUT2D eigenvalue weighted by molar-refractivity contribution is -0.120. The van der Waals surface area contributed by atoms with Crippen molar-refractivity contribution < 1.29 is 4.79 Å². The van der Waals surface area contributed by atoms with Crippen LogP contribution in [-0.4, -0.2) is 22.2 Å². The molecule has 1 rings (SSSR count). The molecule has 0 unspecified atom stereocenters. The lowest BCUT2D eigenvalue weighted by Gasteiger charge is -2.07. The molecule has 4 nitrogen and oxygen atoms in total. The summed E-state index contributed by atoms with van der Waals surface area (Å²) in [5.41, 5.74) is 3.07. The van der Waals surface area contributed by atoms with Crippen LogP contribution in [0.25, 0.3) is 0 Å². The first kappa shape index (κ1) is 13.7. The number of carbonyl (C=O) groups is 1. The van der Waals surface area contributed by atoms with Gasteiger partial charge in [-0.2, -0.15) is 5.10 Å². The van der Waals surface area contributed by atoms with E-state index < -0.39 is 0 Å². The summed E-state index contributed by atoms with van der Waals surface area (Å²) >= 11 is 0. The first-order chi connectivity index (χ1) is 7.91. The molecule has 0 aromatic carbocycles. The molecule has 96 valence electrons. The fourth-order valence-corrected chi connectivity index (χ4v) is 1.80. The largest absolute Gasteiger partial charge is 0.356 e. The average Bonchev–Trinajstić information content (AvgIpc) is 2.44. The Morgan fingerprint density at radius 3 is 2.53 bits per heavy atom. The van der Waals surface area contributed by atoms with Crippen LogP contribution in [0.2, 0.25) is 0 Å². The van der Waals surface area contributed by atoms with Crippen LogP contribution in [0, 0.1) is 19.8 Å². The Morgan fingerprint density at radius 1 is 1.41 bits per heavy atom. The van der Waals surface area contributed by atoms with Crippen molar-refractivity contribution in [2.24, 2.45) is 13.0 Å². The third-order valence-corrected chi connectivity index (χ3v) is 3.04. The van der Waals surface area contributed by atoms with Gasteiger partial charge in [0.2, 0.25) is 5.91 Å². The van der Waals surface area contributed by atoms with Crippen molar-refractivity contribution in [3.05, 3.63) is 17.0 Å². The lowest BCUT2D eigenvalue weighted by atomic mass is 10.1. The summed E-state index contributed by atoms with van der Waals surface area (Å²) in [6.45, 7) is 9.01. The van der Waals surface area contributed by atoms with E-state index in [9.17, 15) is 4.79 Å². The van der Waals surface area contributed by atoms with E-state index in [2.05, 4.69) is 24.3 Å². The molecule has 0 aliphatic carbocycles. The molecule has 17 heavy (non-hydrogen) atoms. The molecule has 0 atom stereocenters. The molecule has 1 N–H and O–H groups in total. The molecule has 0 radical (unpaired) electrons. The van der Waals surface area contributed by atoms with Crippen LogP contribution >= 0.6 is 0 Å². The smallest absolute Gasteiger partial charge is 0.224 e. The molecule has 0 fully saturated rings. The third kappa shape index (κ3) is 3.88. The SMILES string of the molecule is Cc1nn(C)c(C)c1CC(=O)NCCC(C)C. The number of aromatic nitrogens is 2. The highest BCUT2D eigenvalue weighted by atomic mass is 16.1. The second-order valence-corrected chi connectivity index (χ2v) is 4.98. The van der Waals surface area contributed by atoms with E-state index in [1.54, 1.807) is 0 Å². The van der Waals surface area contributed by atoms with Crippen molar-refractivity contribution >= 4 is 5.91 Å². The van der Waals surface area contributed by atoms with Crippen LogP contribution < -0.4 is 5.32 Å². The van der Waals surface area contributed by atoms with Crippen LogP contribution in [0.15, 0.2) is 0 Å². The van der Waals surface area contributed by atoms with E-state index in [0.29, 0.717) is 12.3 Å². The normalized spacial score (nSPS) is 10.9. The topological polar surface area (TPSA) is 46.9 Å². The van der Waals surface area contributed by atoms with Crippen LogP contribution in [0.3, 0.4) is 0 Å². The molecule has 0 aliphatic heterocycles. The Morgan fingerprint density at radius 2 is 2.06 bits per heavy atom. The van der Waals surface area contributed by atoms with Crippen LogP contribution in [0.5, 0.6) is 0 Å². The van der Waals surface area contributed by atoms with Crippen molar-refractivity contribution in [3.8, 4) is 0 Å². The first-order valence-electron chi connectivity index (χ1n) is 6.17. The third-order valence-electron chi connectivity index (χ3n) is 3.04. The van der Waals surface area contributed by atoms with Crippen molar-refractivity contribution in [3.63, 3.8) is 0 Å². The van der Waals surface area contributed by atoms with Crippen molar-refractivity contribution in [2.45, 2.75) is 40.5 Å². The zero-order valence-corrected chi connectivity index (χ0v) is 11.5. The molecule has 4 heteroatoms. The summed E-state index contributed by atoms with van der Waals surface area (Å²) in [5.74, 6) is 0.710. The number of hydrogen-bond acceptors (Lipinski definition) is 2. The van der Waals surface area contributed by atoms with Crippen molar-refractivity contribution in [1.29, 1.82) is 0 Å². The van der Waals surface area contributed by atoms with Gasteiger partial charge in [-0.1, -0.05) is 13.8 Å². The molecule has 1 amide bonds. The number of carbonyl (C=O) groups excluding carboxylic acids is 1. The van der Waals surface area contributed by atoms with Gasteiger partial charge in [0.25, 0.3) is 0 Å². The molecule has 0 bridgehead atoms. The highest BCUT2D eigenvalue weighted by Crippen LogP contribution is 2.12. The maximum absolute atomic E-state index is 11.8. The van der Waals surface area contributed by atoms with E-state index in [0.717, 1.165) is 29.9 Å². The minimum Gasteiger partial charge on any atom is -0.356 e.